The number of rotatable bonds is 8. The lowest BCUT2D eigenvalue weighted by atomic mass is 10.00. The van der Waals surface area contributed by atoms with Crippen LogP contribution in [0.2, 0.25) is 0 Å². The quantitative estimate of drug-likeness (QED) is 0.451. The predicted octanol–water partition coefficient (Wildman–Crippen LogP) is 2.28. The lowest BCUT2D eigenvalue weighted by Crippen LogP contribution is -2.27. The second-order valence-corrected chi connectivity index (χ2v) is 5.05. The molecule has 0 saturated heterocycles. The number of methoxy groups -OCH3 is 1. The number of unbranched alkanes of at least 4 members (excludes halogenated alkanes) is 1. The molecule has 0 spiro atoms. The molecule has 1 aliphatic rings. The lowest BCUT2D eigenvalue weighted by Gasteiger charge is -2.29. The van der Waals surface area contributed by atoms with Crippen LogP contribution in [0.25, 0.3) is 0 Å². The zero-order chi connectivity index (χ0) is 15.9. The molecular formula is C15H21N3O4. The first-order valence-corrected chi connectivity index (χ1v) is 7.22. The first kappa shape index (κ1) is 16.1. The summed E-state index contributed by atoms with van der Waals surface area (Å²) in [5, 5.41) is 12.7. The van der Waals surface area contributed by atoms with E-state index >= 15 is 0 Å². The van der Waals surface area contributed by atoms with E-state index in [0.29, 0.717) is 6.42 Å². The molecule has 7 nitrogen and oxygen atoms in total. The zero-order valence-electron chi connectivity index (χ0n) is 12.8. The van der Waals surface area contributed by atoms with E-state index in [1.54, 1.807) is 7.11 Å². The maximum Gasteiger partial charge on any atom is 0.294 e. The molecule has 2 rings (SSSR count). The van der Waals surface area contributed by atoms with Gasteiger partial charge in [0, 0.05) is 18.8 Å². The van der Waals surface area contributed by atoms with Gasteiger partial charge in [-0.15, -0.1) is 10.1 Å². The van der Waals surface area contributed by atoms with Crippen molar-refractivity contribution in [2.45, 2.75) is 18.9 Å². The summed E-state index contributed by atoms with van der Waals surface area (Å²) < 4.78 is 5.43. The molecule has 0 fully saturated rings. The van der Waals surface area contributed by atoms with Crippen molar-refractivity contribution in [1.29, 1.82) is 0 Å². The van der Waals surface area contributed by atoms with E-state index in [2.05, 4.69) is 22.3 Å². The molecule has 1 aromatic carbocycles. The van der Waals surface area contributed by atoms with Crippen LogP contribution in [0.15, 0.2) is 30.5 Å². The molecule has 1 N–H and O–H groups in total. The van der Waals surface area contributed by atoms with E-state index in [9.17, 15) is 10.1 Å². The minimum atomic E-state index is -0.754. The number of hydrogen-bond acceptors (Lipinski definition) is 6. The molecule has 1 atom stereocenters. The fourth-order valence-electron chi connectivity index (χ4n) is 2.53. The summed E-state index contributed by atoms with van der Waals surface area (Å²) in [7, 11) is 3.66. The fourth-order valence-corrected chi connectivity index (χ4v) is 2.53. The van der Waals surface area contributed by atoms with E-state index in [0.717, 1.165) is 30.0 Å². The van der Waals surface area contributed by atoms with Crippen molar-refractivity contribution in [2.75, 3.05) is 32.2 Å². The Labute approximate surface area is 129 Å². The van der Waals surface area contributed by atoms with Gasteiger partial charge in [0.1, 0.15) is 5.75 Å². The largest absolute Gasteiger partial charge is 0.495 e. The highest BCUT2D eigenvalue weighted by molar-refractivity contribution is 5.68. The normalized spacial score (nSPS) is 16.3. The number of nitrogens with one attached hydrogen (secondary N) is 1. The van der Waals surface area contributed by atoms with Gasteiger partial charge in [-0.25, -0.2) is 0 Å². The average Bonchev–Trinajstić information content (AvgIpc) is 2.51. The van der Waals surface area contributed by atoms with Crippen LogP contribution in [0.3, 0.4) is 0 Å². The highest BCUT2D eigenvalue weighted by Gasteiger charge is 2.21. The van der Waals surface area contributed by atoms with Crippen molar-refractivity contribution in [3.63, 3.8) is 0 Å². The molecule has 1 unspecified atom stereocenters. The summed E-state index contributed by atoms with van der Waals surface area (Å²) in [6, 6.07) is 6.11. The summed E-state index contributed by atoms with van der Waals surface area (Å²) in [5.74, 6) is 0.843. The van der Waals surface area contributed by atoms with Crippen LogP contribution < -0.4 is 15.0 Å². The van der Waals surface area contributed by atoms with Crippen molar-refractivity contribution in [2.24, 2.45) is 0 Å². The number of ether oxygens (including phenoxy) is 1. The Bertz CT molecular complexity index is 548. The molecule has 120 valence electrons. The van der Waals surface area contributed by atoms with Crippen LogP contribution in [0.5, 0.6) is 5.75 Å². The Kier molecular flexibility index (Phi) is 5.60. The van der Waals surface area contributed by atoms with E-state index < -0.39 is 5.09 Å². The molecule has 0 radical (unpaired) electrons. The zero-order valence-corrected chi connectivity index (χ0v) is 12.8. The van der Waals surface area contributed by atoms with E-state index in [4.69, 9.17) is 4.74 Å². The van der Waals surface area contributed by atoms with Gasteiger partial charge in [-0.3, -0.25) is 0 Å². The van der Waals surface area contributed by atoms with Crippen LogP contribution in [0, 0.1) is 10.1 Å². The average molecular weight is 307 g/mol. The third kappa shape index (κ3) is 3.88. The highest BCUT2D eigenvalue weighted by atomic mass is 16.9. The smallest absolute Gasteiger partial charge is 0.294 e. The van der Waals surface area contributed by atoms with Gasteiger partial charge in [-0.2, -0.15) is 0 Å². The van der Waals surface area contributed by atoms with Gasteiger partial charge >= 0.3 is 0 Å². The van der Waals surface area contributed by atoms with Gasteiger partial charge in [-0.1, -0.05) is 12.1 Å². The standard InChI is InChI=1S/C15H21N3O4/c1-17-10-8-13(16-9-3-4-11-22-18(19)20)12-6-5-7-14(21-2)15(12)17/h5-8,10,13,16H,3-4,9,11H2,1-2H3. The van der Waals surface area contributed by atoms with Gasteiger partial charge < -0.3 is 19.8 Å². The Hall–Kier alpha value is -2.28. The van der Waals surface area contributed by atoms with Crippen LogP contribution in [-0.2, 0) is 4.84 Å². The Morgan fingerprint density at radius 2 is 2.23 bits per heavy atom. The Balaban J connectivity index is 1.91. The first-order valence-electron chi connectivity index (χ1n) is 7.22. The molecule has 1 aliphatic heterocycles. The van der Waals surface area contributed by atoms with Crippen molar-refractivity contribution < 1.29 is 14.7 Å². The van der Waals surface area contributed by atoms with Gasteiger partial charge in [0.25, 0.3) is 5.09 Å². The molecule has 0 amide bonds. The summed E-state index contributed by atoms with van der Waals surface area (Å²) in [4.78, 5) is 16.4. The van der Waals surface area contributed by atoms with Gasteiger partial charge in [0.2, 0.25) is 0 Å². The van der Waals surface area contributed by atoms with Gasteiger partial charge in [0.15, 0.2) is 0 Å². The van der Waals surface area contributed by atoms with Crippen LogP contribution in [0.1, 0.15) is 24.4 Å². The maximum absolute atomic E-state index is 10.0. The highest BCUT2D eigenvalue weighted by Crippen LogP contribution is 2.38. The third-order valence-electron chi connectivity index (χ3n) is 3.57. The predicted molar refractivity (Wildman–Crippen MR) is 83.5 cm³/mol. The molecular weight excluding hydrogens is 286 g/mol. The molecule has 0 aromatic heterocycles. The topological polar surface area (TPSA) is 76.9 Å². The molecule has 22 heavy (non-hydrogen) atoms. The molecule has 0 saturated carbocycles. The van der Waals surface area contributed by atoms with Crippen molar-refractivity contribution >= 4 is 5.69 Å². The van der Waals surface area contributed by atoms with E-state index in [1.807, 2.05) is 30.3 Å². The minimum Gasteiger partial charge on any atom is -0.495 e. The van der Waals surface area contributed by atoms with Crippen molar-refractivity contribution in [3.8, 4) is 5.75 Å². The van der Waals surface area contributed by atoms with Crippen LogP contribution in [-0.4, -0.2) is 32.4 Å². The first-order chi connectivity index (χ1) is 10.6. The Morgan fingerprint density at radius 3 is 2.95 bits per heavy atom. The molecule has 7 heteroatoms. The molecule has 0 aliphatic carbocycles. The van der Waals surface area contributed by atoms with Gasteiger partial charge in [0.05, 0.1) is 25.4 Å². The third-order valence-corrected chi connectivity index (χ3v) is 3.57. The molecule has 1 aromatic rings. The summed E-state index contributed by atoms with van der Waals surface area (Å²) >= 11 is 0. The number of hydrogen-bond donors (Lipinski definition) is 1. The number of nitrogens with zero attached hydrogens (tertiary/aromatic N) is 2. The Morgan fingerprint density at radius 1 is 1.41 bits per heavy atom. The maximum atomic E-state index is 10.0. The summed E-state index contributed by atoms with van der Waals surface area (Å²) in [5.41, 5.74) is 2.22. The molecule has 0 bridgehead atoms. The second kappa shape index (κ2) is 7.65. The SMILES string of the molecule is COc1cccc2c1N(C)C=CC2NCCCCO[N+](=O)[O-]. The summed E-state index contributed by atoms with van der Waals surface area (Å²) in [6.45, 7) is 0.902. The summed E-state index contributed by atoms with van der Waals surface area (Å²) in [6.07, 6.45) is 5.57. The second-order valence-electron chi connectivity index (χ2n) is 5.05. The molecule has 1 heterocycles. The minimum absolute atomic E-state index is 0.109. The number of fused-ring (bicyclic) bond motifs is 1. The number of benzene rings is 1. The van der Waals surface area contributed by atoms with Crippen LogP contribution >= 0.6 is 0 Å². The lowest BCUT2D eigenvalue weighted by molar-refractivity contribution is -0.757. The number of anilines is 1. The fraction of sp³-hybridized carbons (Fsp3) is 0.467. The van der Waals surface area contributed by atoms with Gasteiger partial charge in [-0.05, 0) is 31.5 Å². The van der Waals surface area contributed by atoms with E-state index in [-0.39, 0.29) is 12.6 Å². The van der Waals surface area contributed by atoms with Crippen molar-refractivity contribution in [3.05, 3.63) is 46.2 Å². The monoisotopic (exact) mass is 307 g/mol. The van der Waals surface area contributed by atoms with E-state index in [1.165, 1.54) is 0 Å². The number of para-hydroxylation sites is 1. The van der Waals surface area contributed by atoms with Crippen LogP contribution in [0.4, 0.5) is 5.69 Å². The van der Waals surface area contributed by atoms with Crippen molar-refractivity contribution in [1.82, 2.24) is 5.32 Å².